The number of hydrogen-bond acceptors (Lipinski definition) is 4. The molecular formula is C15H25ClN4O. The summed E-state index contributed by atoms with van der Waals surface area (Å²) in [5.74, 6) is 0. The van der Waals surface area contributed by atoms with Crippen LogP contribution in [0.25, 0.3) is 0 Å². The standard InChI is InChI=1S/C15H25ClN4O/c1-4-5-9-19-15(21)14(16)13(10-17-19)18-20-11(2)7-6-8-12(20)3/h10-12,18H,4-9H2,1-3H3. The molecule has 2 rings (SSSR count). The minimum atomic E-state index is -0.215. The molecule has 0 saturated carbocycles. The van der Waals surface area contributed by atoms with Gasteiger partial charge in [0.2, 0.25) is 0 Å². The average Bonchev–Trinajstić information content (AvgIpc) is 2.46. The summed E-state index contributed by atoms with van der Waals surface area (Å²) in [6, 6.07) is 0.847. The first-order valence-corrected chi connectivity index (χ1v) is 8.23. The van der Waals surface area contributed by atoms with Crippen LogP contribution in [0.5, 0.6) is 0 Å². The van der Waals surface area contributed by atoms with E-state index in [4.69, 9.17) is 11.6 Å². The number of nitrogens with one attached hydrogen (secondary N) is 1. The third-order valence-electron chi connectivity index (χ3n) is 4.15. The summed E-state index contributed by atoms with van der Waals surface area (Å²) in [7, 11) is 0. The van der Waals surface area contributed by atoms with Crippen molar-refractivity contribution in [2.75, 3.05) is 5.43 Å². The zero-order valence-corrected chi connectivity index (χ0v) is 13.9. The Balaban J connectivity index is 2.17. The molecule has 21 heavy (non-hydrogen) atoms. The summed E-state index contributed by atoms with van der Waals surface area (Å²) in [6.07, 6.45) is 7.15. The molecule has 1 saturated heterocycles. The molecule has 1 aromatic rings. The van der Waals surface area contributed by atoms with Crippen molar-refractivity contribution in [3.05, 3.63) is 21.6 Å². The quantitative estimate of drug-likeness (QED) is 0.906. The highest BCUT2D eigenvalue weighted by Crippen LogP contribution is 2.25. The Kier molecular flexibility index (Phi) is 5.65. The summed E-state index contributed by atoms with van der Waals surface area (Å²) in [5, 5.41) is 6.63. The third kappa shape index (κ3) is 3.77. The molecule has 118 valence electrons. The van der Waals surface area contributed by atoms with E-state index in [-0.39, 0.29) is 10.6 Å². The maximum Gasteiger partial charge on any atom is 0.287 e. The molecular weight excluding hydrogens is 288 g/mol. The molecule has 1 aliphatic heterocycles. The van der Waals surface area contributed by atoms with Gasteiger partial charge in [-0.05, 0) is 33.1 Å². The Bertz CT molecular complexity index is 521. The lowest BCUT2D eigenvalue weighted by Gasteiger charge is -2.39. The van der Waals surface area contributed by atoms with Gasteiger partial charge in [-0.3, -0.25) is 4.79 Å². The van der Waals surface area contributed by atoms with Gasteiger partial charge in [0.1, 0.15) is 5.02 Å². The van der Waals surface area contributed by atoms with Gasteiger partial charge in [-0.1, -0.05) is 31.4 Å². The van der Waals surface area contributed by atoms with Crippen LogP contribution in [-0.2, 0) is 6.54 Å². The van der Waals surface area contributed by atoms with Crippen molar-refractivity contribution < 1.29 is 0 Å². The van der Waals surface area contributed by atoms with Crippen molar-refractivity contribution in [3.63, 3.8) is 0 Å². The molecule has 0 spiro atoms. The van der Waals surface area contributed by atoms with E-state index >= 15 is 0 Å². The fourth-order valence-electron chi connectivity index (χ4n) is 2.79. The first-order chi connectivity index (χ1) is 10.0. The molecule has 6 heteroatoms. The third-order valence-corrected chi connectivity index (χ3v) is 4.52. The van der Waals surface area contributed by atoms with E-state index in [1.165, 1.54) is 11.1 Å². The number of hydrazine groups is 1. The summed E-state index contributed by atoms with van der Waals surface area (Å²) < 4.78 is 1.44. The van der Waals surface area contributed by atoms with Gasteiger partial charge in [0.25, 0.3) is 5.56 Å². The highest BCUT2D eigenvalue weighted by molar-refractivity contribution is 6.32. The molecule has 0 amide bonds. The highest BCUT2D eigenvalue weighted by atomic mass is 35.5. The van der Waals surface area contributed by atoms with Crippen LogP contribution in [0, 0.1) is 0 Å². The molecule has 0 aliphatic carbocycles. The number of nitrogens with zero attached hydrogens (tertiary/aromatic N) is 3. The number of unbranched alkanes of at least 4 members (excludes halogenated alkanes) is 1. The zero-order chi connectivity index (χ0) is 15.4. The van der Waals surface area contributed by atoms with Gasteiger partial charge in [0.05, 0.1) is 11.9 Å². The summed E-state index contributed by atoms with van der Waals surface area (Å²) in [4.78, 5) is 12.2. The van der Waals surface area contributed by atoms with E-state index in [1.54, 1.807) is 6.20 Å². The second-order valence-electron chi connectivity index (χ2n) is 5.90. The van der Waals surface area contributed by atoms with E-state index < -0.39 is 0 Å². The van der Waals surface area contributed by atoms with E-state index in [0.29, 0.717) is 24.3 Å². The summed E-state index contributed by atoms with van der Waals surface area (Å²) in [5.41, 5.74) is 3.69. The van der Waals surface area contributed by atoms with Crippen molar-refractivity contribution in [2.45, 2.75) is 71.5 Å². The SMILES string of the molecule is CCCCn1ncc(NN2C(C)CCCC2C)c(Cl)c1=O. The van der Waals surface area contributed by atoms with Crippen molar-refractivity contribution in [1.82, 2.24) is 14.8 Å². The van der Waals surface area contributed by atoms with Crippen LogP contribution in [0.2, 0.25) is 5.02 Å². The zero-order valence-electron chi connectivity index (χ0n) is 13.1. The fourth-order valence-corrected chi connectivity index (χ4v) is 2.98. The van der Waals surface area contributed by atoms with Crippen molar-refractivity contribution in [2.24, 2.45) is 0 Å². The van der Waals surface area contributed by atoms with Gasteiger partial charge in [-0.25, -0.2) is 9.69 Å². The molecule has 1 N–H and O–H groups in total. The van der Waals surface area contributed by atoms with Crippen LogP contribution in [-0.4, -0.2) is 26.9 Å². The van der Waals surface area contributed by atoms with Crippen molar-refractivity contribution >= 4 is 17.3 Å². The number of piperidine rings is 1. The molecule has 2 heterocycles. The van der Waals surface area contributed by atoms with E-state index in [9.17, 15) is 4.79 Å². The van der Waals surface area contributed by atoms with Gasteiger partial charge in [0.15, 0.2) is 0 Å². The van der Waals surface area contributed by atoms with E-state index in [1.807, 2.05) is 0 Å². The van der Waals surface area contributed by atoms with Gasteiger partial charge in [-0.2, -0.15) is 5.10 Å². The highest BCUT2D eigenvalue weighted by Gasteiger charge is 2.25. The lowest BCUT2D eigenvalue weighted by atomic mass is 10.00. The smallest absolute Gasteiger partial charge is 0.287 e. The monoisotopic (exact) mass is 312 g/mol. The Morgan fingerprint density at radius 3 is 2.67 bits per heavy atom. The number of rotatable bonds is 5. The Morgan fingerprint density at radius 2 is 2.05 bits per heavy atom. The molecule has 5 nitrogen and oxygen atoms in total. The second-order valence-corrected chi connectivity index (χ2v) is 6.28. The van der Waals surface area contributed by atoms with Crippen molar-refractivity contribution in [3.8, 4) is 0 Å². The Morgan fingerprint density at radius 1 is 1.38 bits per heavy atom. The minimum absolute atomic E-state index is 0.215. The second kappa shape index (κ2) is 7.27. The van der Waals surface area contributed by atoms with Crippen LogP contribution in [0.3, 0.4) is 0 Å². The topological polar surface area (TPSA) is 50.2 Å². The maximum absolute atomic E-state index is 12.2. The lowest BCUT2D eigenvalue weighted by molar-refractivity contribution is 0.135. The van der Waals surface area contributed by atoms with E-state index in [0.717, 1.165) is 25.7 Å². The number of hydrogen-bond donors (Lipinski definition) is 1. The maximum atomic E-state index is 12.2. The number of aromatic nitrogens is 2. The number of aryl methyl sites for hydroxylation is 1. The van der Waals surface area contributed by atoms with E-state index in [2.05, 4.69) is 36.3 Å². The first-order valence-electron chi connectivity index (χ1n) is 7.85. The predicted octanol–water partition coefficient (Wildman–Crippen LogP) is 3.29. The number of halogens is 1. The van der Waals surface area contributed by atoms with Gasteiger partial charge < -0.3 is 5.43 Å². The Hall–Kier alpha value is -1.07. The molecule has 0 bridgehead atoms. The summed E-state index contributed by atoms with van der Waals surface area (Å²) >= 11 is 6.23. The lowest BCUT2D eigenvalue weighted by Crippen LogP contribution is -2.47. The van der Waals surface area contributed by atoms with Gasteiger partial charge in [-0.15, -0.1) is 0 Å². The average molecular weight is 313 g/mol. The van der Waals surface area contributed by atoms with Crippen LogP contribution in [0.15, 0.2) is 11.0 Å². The van der Waals surface area contributed by atoms with Gasteiger partial charge >= 0.3 is 0 Å². The molecule has 2 atom stereocenters. The van der Waals surface area contributed by atoms with Crippen molar-refractivity contribution in [1.29, 1.82) is 0 Å². The van der Waals surface area contributed by atoms with Crippen LogP contribution < -0.4 is 11.0 Å². The molecule has 1 fully saturated rings. The normalized spacial score (nSPS) is 23.2. The summed E-state index contributed by atoms with van der Waals surface area (Å²) in [6.45, 7) is 7.08. The first kappa shape index (κ1) is 16.3. The molecule has 1 aromatic heterocycles. The molecule has 0 radical (unpaired) electrons. The van der Waals surface area contributed by atoms with Crippen LogP contribution >= 0.6 is 11.6 Å². The number of anilines is 1. The van der Waals surface area contributed by atoms with Gasteiger partial charge in [0, 0.05) is 18.6 Å². The largest absolute Gasteiger partial charge is 0.315 e. The molecule has 2 unspecified atom stereocenters. The van der Waals surface area contributed by atoms with Crippen LogP contribution in [0.1, 0.15) is 52.9 Å². The fraction of sp³-hybridized carbons (Fsp3) is 0.733. The van der Waals surface area contributed by atoms with Crippen LogP contribution in [0.4, 0.5) is 5.69 Å². The molecule has 0 aromatic carbocycles. The predicted molar refractivity (Wildman–Crippen MR) is 86.7 cm³/mol. The minimum Gasteiger partial charge on any atom is -0.315 e. The Labute approximate surface area is 131 Å². The molecule has 1 aliphatic rings.